The summed E-state index contributed by atoms with van der Waals surface area (Å²) in [6.45, 7) is 6.67. The van der Waals surface area contributed by atoms with Gasteiger partial charge in [-0.1, -0.05) is 56.2 Å². The molecular weight excluding hydrogens is 304 g/mol. The second-order valence-electron chi connectivity index (χ2n) is 8.38. The van der Waals surface area contributed by atoms with E-state index in [1.807, 2.05) is 0 Å². The van der Waals surface area contributed by atoms with Gasteiger partial charge in [0.2, 0.25) is 0 Å². The lowest BCUT2D eigenvalue weighted by Gasteiger charge is -2.29. The fourth-order valence-corrected chi connectivity index (χ4v) is 4.43. The van der Waals surface area contributed by atoms with Crippen LogP contribution in [0.25, 0.3) is 6.08 Å². The predicted octanol–water partition coefficient (Wildman–Crippen LogP) is 6.91. The first-order valence-corrected chi connectivity index (χ1v) is 10.4. The van der Waals surface area contributed by atoms with Gasteiger partial charge in [-0.3, -0.25) is 0 Å². The smallest absolute Gasteiger partial charge is 0.0466 e. The molecule has 0 aromatic heterocycles. The lowest BCUT2D eigenvalue weighted by Crippen LogP contribution is -2.25. The van der Waals surface area contributed by atoms with Crippen molar-refractivity contribution in [2.75, 3.05) is 10.6 Å². The molecule has 25 heavy (non-hydrogen) atoms. The highest BCUT2D eigenvalue weighted by Gasteiger charge is 2.19. The number of hydrogen-bond donors (Lipinski definition) is 2. The molecular formula is C23H36N2. The van der Waals surface area contributed by atoms with Crippen LogP contribution >= 0.6 is 0 Å². The SMILES string of the molecule is CC(C)=Cc1ccc(NC2CCCCC2)c(C)c1NC1CCCCC1. The largest absolute Gasteiger partial charge is 0.382 e. The molecule has 1 aromatic carbocycles. The van der Waals surface area contributed by atoms with Gasteiger partial charge in [-0.05, 0) is 63.6 Å². The number of hydrogen-bond acceptors (Lipinski definition) is 2. The highest BCUT2D eigenvalue weighted by Crippen LogP contribution is 2.33. The van der Waals surface area contributed by atoms with Crippen molar-refractivity contribution in [3.63, 3.8) is 0 Å². The average Bonchev–Trinajstić information content (AvgIpc) is 2.62. The molecule has 0 saturated heterocycles. The van der Waals surface area contributed by atoms with E-state index in [9.17, 15) is 0 Å². The summed E-state index contributed by atoms with van der Waals surface area (Å²) in [6.07, 6.45) is 15.9. The summed E-state index contributed by atoms with van der Waals surface area (Å²) in [5.74, 6) is 0. The van der Waals surface area contributed by atoms with Gasteiger partial charge in [0.05, 0.1) is 0 Å². The Morgan fingerprint density at radius 2 is 1.40 bits per heavy atom. The molecule has 0 bridgehead atoms. The van der Waals surface area contributed by atoms with Crippen LogP contribution in [-0.4, -0.2) is 12.1 Å². The molecule has 0 unspecified atom stereocenters. The molecule has 0 heterocycles. The zero-order valence-electron chi connectivity index (χ0n) is 16.5. The van der Waals surface area contributed by atoms with E-state index < -0.39 is 0 Å². The van der Waals surface area contributed by atoms with Crippen molar-refractivity contribution in [1.82, 2.24) is 0 Å². The van der Waals surface area contributed by atoms with Crippen molar-refractivity contribution in [2.24, 2.45) is 0 Å². The van der Waals surface area contributed by atoms with Crippen molar-refractivity contribution >= 4 is 17.5 Å². The summed E-state index contributed by atoms with van der Waals surface area (Å²) in [6, 6.07) is 5.90. The van der Waals surface area contributed by atoms with Crippen LogP contribution in [0, 0.1) is 6.92 Å². The second-order valence-corrected chi connectivity index (χ2v) is 8.38. The monoisotopic (exact) mass is 340 g/mol. The normalized spacial score (nSPS) is 19.5. The van der Waals surface area contributed by atoms with Crippen molar-refractivity contribution in [3.05, 3.63) is 28.8 Å². The second kappa shape index (κ2) is 8.78. The lowest BCUT2D eigenvalue weighted by atomic mass is 9.93. The molecule has 0 aliphatic heterocycles. The van der Waals surface area contributed by atoms with Gasteiger partial charge in [0.25, 0.3) is 0 Å². The molecule has 2 aliphatic rings. The van der Waals surface area contributed by atoms with E-state index in [0.29, 0.717) is 12.1 Å². The van der Waals surface area contributed by atoms with E-state index in [0.717, 1.165) is 0 Å². The fourth-order valence-electron chi connectivity index (χ4n) is 4.43. The van der Waals surface area contributed by atoms with Crippen LogP contribution in [0.1, 0.15) is 89.2 Å². The van der Waals surface area contributed by atoms with E-state index in [1.165, 1.54) is 92.3 Å². The minimum atomic E-state index is 0.640. The molecule has 0 radical (unpaired) electrons. The van der Waals surface area contributed by atoms with Crippen LogP contribution < -0.4 is 10.6 Å². The molecule has 0 atom stereocenters. The van der Waals surface area contributed by atoms with Crippen LogP contribution in [0.2, 0.25) is 0 Å². The average molecular weight is 341 g/mol. The third kappa shape index (κ3) is 5.03. The number of anilines is 2. The summed E-state index contributed by atoms with van der Waals surface area (Å²) in [4.78, 5) is 0. The molecule has 2 fully saturated rings. The summed E-state index contributed by atoms with van der Waals surface area (Å²) in [5.41, 5.74) is 6.78. The molecule has 2 aliphatic carbocycles. The Bertz CT molecular complexity index is 586. The molecule has 2 nitrogen and oxygen atoms in total. The highest BCUT2D eigenvalue weighted by atomic mass is 15.0. The van der Waals surface area contributed by atoms with E-state index in [4.69, 9.17) is 0 Å². The zero-order chi connectivity index (χ0) is 17.6. The first-order chi connectivity index (χ1) is 12.1. The Hall–Kier alpha value is -1.44. The van der Waals surface area contributed by atoms with E-state index in [2.05, 4.69) is 49.6 Å². The molecule has 2 saturated carbocycles. The van der Waals surface area contributed by atoms with Gasteiger partial charge in [-0.15, -0.1) is 0 Å². The van der Waals surface area contributed by atoms with E-state index in [1.54, 1.807) is 0 Å². The van der Waals surface area contributed by atoms with Crippen molar-refractivity contribution < 1.29 is 0 Å². The molecule has 1 aromatic rings. The third-order valence-corrected chi connectivity index (χ3v) is 5.86. The Morgan fingerprint density at radius 3 is 1.96 bits per heavy atom. The Labute approximate surface area is 154 Å². The molecule has 3 rings (SSSR count). The first kappa shape index (κ1) is 18.4. The standard InChI is InChI=1S/C23H36N2/c1-17(2)16-19-14-15-22(24-20-10-6-4-7-11-20)18(3)23(19)25-21-12-8-5-9-13-21/h14-16,20-21,24-25H,4-13H2,1-3H3. The summed E-state index contributed by atoms with van der Waals surface area (Å²) in [7, 11) is 0. The molecule has 0 spiro atoms. The van der Waals surface area contributed by atoms with Gasteiger partial charge < -0.3 is 10.6 Å². The molecule has 138 valence electrons. The number of benzene rings is 1. The van der Waals surface area contributed by atoms with Crippen molar-refractivity contribution in [3.8, 4) is 0 Å². The zero-order valence-corrected chi connectivity index (χ0v) is 16.5. The molecule has 2 heteroatoms. The van der Waals surface area contributed by atoms with Crippen LogP contribution in [0.15, 0.2) is 17.7 Å². The van der Waals surface area contributed by atoms with Crippen LogP contribution in [0.4, 0.5) is 11.4 Å². The predicted molar refractivity (Wildman–Crippen MR) is 111 cm³/mol. The maximum absolute atomic E-state index is 3.92. The summed E-state index contributed by atoms with van der Waals surface area (Å²) < 4.78 is 0. The maximum Gasteiger partial charge on any atom is 0.0466 e. The minimum absolute atomic E-state index is 0.640. The Kier molecular flexibility index (Phi) is 6.45. The number of allylic oxidation sites excluding steroid dienone is 1. The van der Waals surface area contributed by atoms with Crippen molar-refractivity contribution in [1.29, 1.82) is 0 Å². The van der Waals surface area contributed by atoms with E-state index >= 15 is 0 Å². The fraction of sp³-hybridized carbons (Fsp3) is 0.652. The quantitative estimate of drug-likeness (QED) is 0.608. The van der Waals surface area contributed by atoms with Gasteiger partial charge in [-0.25, -0.2) is 0 Å². The minimum Gasteiger partial charge on any atom is -0.382 e. The van der Waals surface area contributed by atoms with Crippen molar-refractivity contribution in [2.45, 2.75) is 97.1 Å². The van der Waals surface area contributed by atoms with Gasteiger partial charge >= 0.3 is 0 Å². The topological polar surface area (TPSA) is 24.1 Å². The van der Waals surface area contributed by atoms with Crippen LogP contribution in [0.3, 0.4) is 0 Å². The lowest BCUT2D eigenvalue weighted by molar-refractivity contribution is 0.461. The van der Waals surface area contributed by atoms with Gasteiger partial charge in [-0.2, -0.15) is 0 Å². The van der Waals surface area contributed by atoms with Crippen LogP contribution in [0.5, 0.6) is 0 Å². The van der Waals surface area contributed by atoms with Gasteiger partial charge in [0, 0.05) is 23.5 Å². The Balaban J connectivity index is 1.84. The molecule has 0 amide bonds. The maximum atomic E-state index is 3.92. The number of rotatable bonds is 5. The van der Waals surface area contributed by atoms with Gasteiger partial charge in [0.15, 0.2) is 0 Å². The summed E-state index contributed by atoms with van der Waals surface area (Å²) in [5, 5.41) is 7.76. The first-order valence-electron chi connectivity index (χ1n) is 10.4. The van der Waals surface area contributed by atoms with Crippen LogP contribution in [-0.2, 0) is 0 Å². The summed E-state index contributed by atoms with van der Waals surface area (Å²) >= 11 is 0. The Morgan fingerprint density at radius 1 is 0.840 bits per heavy atom. The third-order valence-electron chi connectivity index (χ3n) is 5.86. The molecule has 2 N–H and O–H groups in total. The highest BCUT2D eigenvalue weighted by molar-refractivity contribution is 5.77. The number of nitrogens with one attached hydrogen (secondary N) is 2. The van der Waals surface area contributed by atoms with Gasteiger partial charge in [0.1, 0.15) is 0 Å². The van der Waals surface area contributed by atoms with E-state index in [-0.39, 0.29) is 0 Å².